The van der Waals surface area contributed by atoms with Crippen molar-refractivity contribution in [3.63, 3.8) is 0 Å². The molecule has 0 atom stereocenters. The van der Waals surface area contributed by atoms with Gasteiger partial charge in [0.2, 0.25) is 0 Å². The summed E-state index contributed by atoms with van der Waals surface area (Å²) < 4.78 is 2.27. The molecular weight excluding hydrogens is 222 g/mol. The molecule has 1 aliphatic rings. The summed E-state index contributed by atoms with van der Waals surface area (Å²) in [6.07, 6.45) is 4.04. The molecule has 102 valence electrons. The highest BCUT2D eigenvalue weighted by Gasteiger charge is 2.38. The molecule has 1 fully saturated rings. The maximum atomic E-state index is 3.65. The number of nitrogens with zero attached hydrogens (tertiary/aromatic N) is 2. The van der Waals surface area contributed by atoms with Crippen molar-refractivity contribution in [3.8, 4) is 0 Å². The Hall–Kier alpha value is -0.800. The van der Waals surface area contributed by atoms with Crippen LogP contribution in [0.15, 0.2) is 6.07 Å². The second kappa shape index (κ2) is 5.06. The van der Waals surface area contributed by atoms with Crippen LogP contribution in [-0.2, 0) is 13.6 Å². The molecule has 3 heteroatoms. The number of nitrogens with one attached hydrogen (secondary N) is 1. The van der Waals surface area contributed by atoms with Crippen LogP contribution in [0.2, 0.25) is 0 Å². The van der Waals surface area contributed by atoms with Crippen LogP contribution in [-0.4, -0.2) is 35.6 Å². The van der Waals surface area contributed by atoms with Gasteiger partial charge in [-0.3, -0.25) is 0 Å². The van der Waals surface area contributed by atoms with Crippen LogP contribution >= 0.6 is 0 Å². The zero-order valence-corrected chi connectivity index (χ0v) is 12.5. The van der Waals surface area contributed by atoms with Gasteiger partial charge in [-0.15, -0.1) is 0 Å². The van der Waals surface area contributed by atoms with E-state index < -0.39 is 0 Å². The minimum absolute atomic E-state index is 0.414. The molecule has 0 aliphatic heterocycles. The van der Waals surface area contributed by atoms with Crippen molar-refractivity contribution in [3.05, 3.63) is 23.0 Å². The molecule has 0 amide bonds. The Kier molecular flexibility index (Phi) is 3.83. The normalized spacial score (nSPS) is 18.1. The average Bonchev–Trinajstić information content (AvgIpc) is 2.49. The zero-order chi connectivity index (χ0) is 13.3. The van der Waals surface area contributed by atoms with E-state index in [0.717, 1.165) is 13.1 Å². The van der Waals surface area contributed by atoms with E-state index in [9.17, 15) is 0 Å². The van der Waals surface area contributed by atoms with Gasteiger partial charge in [0.1, 0.15) is 0 Å². The summed E-state index contributed by atoms with van der Waals surface area (Å²) in [5.74, 6) is 0. The average molecular weight is 249 g/mol. The largest absolute Gasteiger partial charge is 0.352 e. The van der Waals surface area contributed by atoms with E-state index in [1.165, 1.54) is 36.2 Å². The fourth-order valence-corrected chi connectivity index (χ4v) is 2.91. The van der Waals surface area contributed by atoms with Gasteiger partial charge in [0.05, 0.1) is 0 Å². The Bertz CT molecular complexity index is 414. The van der Waals surface area contributed by atoms with Gasteiger partial charge in [-0.1, -0.05) is 0 Å². The number of rotatable bonds is 5. The number of likely N-dealkylation sites (N-methyl/N-ethyl adjacent to an activating group) is 1. The zero-order valence-electron chi connectivity index (χ0n) is 12.5. The van der Waals surface area contributed by atoms with Gasteiger partial charge in [-0.25, -0.2) is 0 Å². The van der Waals surface area contributed by atoms with Crippen LogP contribution in [0.4, 0.5) is 0 Å². The summed E-state index contributed by atoms with van der Waals surface area (Å²) in [6.45, 7) is 6.47. The summed E-state index contributed by atoms with van der Waals surface area (Å²) in [7, 11) is 6.55. The molecule has 1 aromatic heterocycles. The van der Waals surface area contributed by atoms with Crippen LogP contribution in [0.5, 0.6) is 0 Å². The second-order valence-corrected chi connectivity index (χ2v) is 6.03. The minimum Gasteiger partial charge on any atom is -0.352 e. The first-order chi connectivity index (χ1) is 8.46. The number of aryl methyl sites for hydroxylation is 1. The fourth-order valence-electron chi connectivity index (χ4n) is 2.91. The van der Waals surface area contributed by atoms with Crippen molar-refractivity contribution in [2.75, 3.05) is 20.6 Å². The third kappa shape index (κ3) is 2.34. The highest BCUT2D eigenvalue weighted by Crippen LogP contribution is 2.35. The molecule has 1 aliphatic carbocycles. The van der Waals surface area contributed by atoms with Gasteiger partial charge in [0.25, 0.3) is 0 Å². The molecule has 1 N–H and O–H groups in total. The molecule has 3 nitrogen and oxygen atoms in total. The first-order valence-corrected chi connectivity index (χ1v) is 6.96. The lowest BCUT2D eigenvalue weighted by atomic mass is 9.75. The van der Waals surface area contributed by atoms with E-state index in [2.05, 4.69) is 55.8 Å². The van der Waals surface area contributed by atoms with Crippen molar-refractivity contribution >= 4 is 0 Å². The monoisotopic (exact) mass is 249 g/mol. The molecule has 18 heavy (non-hydrogen) atoms. The first-order valence-electron chi connectivity index (χ1n) is 6.96. The first kappa shape index (κ1) is 13.6. The molecular formula is C15H27N3. The maximum absolute atomic E-state index is 3.65. The second-order valence-electron chi connectivity index (χ2n) is 6.03. The maximum Gasteiger partial charge on any atom is 0.0328 e. The lowest BCUT2D eigenvalue weighted by Gasteiger charge is -2.47. The predicted molar refractivity (Wildman–Crippen MR) is 76.9 cm³/mol. The lowest BCUT2D eigenvalue weighted by molar-refractivity contribution is 0.0598. The quantitative estimate of drug-likeness (QED) is 0.863. The molecule has 2 rings (SSSR count). The highest BCUT2D eigenvalue weighted by atomic mass is 15.2. The number of aromatic nitrogens is 1. The van der Waals surface area contributed by atoms with Crippen molar-refractivity contribution in [1.82, 2.24) is 14.8 Å². The van der Waals surface area contributed by atoms with E-state index >= 15 is 0 Å². The highest BCUT2D eigenvalue weighted by molar-refractivity contribution is 5.26. The summed E-state index contributed by atoms with van der Waals surface area (Å²) in [5, 5.41) is 3.65. The van der Waals surface area contributed by atoms with Crippen LogP contribution in [0.25, 0.3) is 0 Å². The molecule has 1 heterocycles. The van der Waals surface area contributed by atoms with Crippen LogP contribution in [0.1, 0.15) is 36.2 Å². The molecule has 0 spiro atoms. The van der Waals surface area contributed by atoms with E-state index in [0.29, 0.717) is 5.54 Å². The SMILES string of the molecule is Cc1cc(CNCC2(N(C)C)CCC2)c(C)n1C. The van der Waals surface area contributed by atoms with E-state index in [1.54, 1.807) is 0 Å². The van der Waals surface area contributed by atoms with Crippen molar-refractivity contribution in [2.45, 2.75) is 45.2 Å². The summed E-state index contributed by atoms with van der Waals surface area (Å²) in [4.78, 5) is 2.40. The van der Waals surface area contributed by atoms with Gasteiger partial charge in [0, 0.05) is 37.1 Å². The van der Waals surface area contributed by atoms with Gasteiger partial charge in [0.15, 0.2) is 0 Å². The Balaban J connectivity index is 1.90. The smallest absolute Gasteiger partial charge is 0.0328 e. The van der Waals surface area contributed by atoms with Gasteiger partial charge < -0.3 is 14.8 Å². The Labute approximate surface area is 111 Å². The third-order valence-corrected chi connectivity index (χ3v) is 4.88. The van der Waals surface area contributed by atoms with Crippen molar-refractivity contribution in [1.29, 1.82) is 0 Å². The van der Waals surface area contributed by atoms with E-state index in [4.69, 9.17) is 0 Å². The molecule has 0 bridgehead atoms. The lowest BCUT2D eigenvalue weighted by Crippen LogP contribution is -2.56. The van der Waals surface area contributed by atoms with Gasteiger partial charge in [-0.2, -0.15) is 0 Å². The molecule has 0 unspecified atom stereocenters. The van der Waals surface area contributed by atoms with Crippen molar-refractivity contribution in [2.24, 2.45) is 7.05 Å². The van der Waals surface area contributed by atoms with Crippen molar-refractivity contribution < 1.29 is 0 Å². The molecule has 0 radical (unpaired) electrons. The Morgan fingerprint density at radius 3 is 2.39 bits per heavy atom. The third-order valence-electron chi connectivity index (χ3n) is 4.88. The number of hydrogen-bond donors (Lipinski definition) is 1. The standard InChI is InChI=1S/C15H27N3/c1-12-9-14(13(2)18(12)5)10-16-11-15(17(3)4)7-6-8-15/h9,16H,6-8,10-11H2,1-5H3. The Morgan fingerprint density at radius 2 is 2.00 bits per heavy atom. The Morgan fingerprint density at radius 1 is 1.33 bits per heavy atom. The fraction of sp³-hybridized carbons (Fsp3) is 0.733. The molecule has 1 aromatic rings. The van der Waals surface area contributed by atoms with Gasteiger partial charge in [-0.05, 0) is 58.8 Å². The van der Waals surface area contributed by atoms with Gasteiger partial charge >= 0.3 is 0 Å². The van der Waals surface area contributed by atoms with E-state index in [1.807, 2.05) is 0 Å². The minimum atomic E-state index is 0.414. The van der Waals surface area contributed by atoms with Crippen LogP contribution in [0, 0.1) is 13.8 Å². The topological polar surface area (TPSA) is 20.2 Å². The van der Waals surface area contributed by atoms with E-state index in [-0.39, 0.29) is 0 Å². The molecule has 1 saturated carbocycles. The summed E-state index contributed by atoms with van der Waals surface area (Å²) in [6, 6.07) is 2.30. The summed E-state index contributed by atoms with van der Waals surface area (Å²) in [5.41, 5.74) is 4.57. The molecule has 0 saturated heterocycles. The number of hydrogen-bond acceptors (Lipinski definition) is 2. The predicted octanol–water partition coefficient (Wildman–Crippen LogP) is 2.22. The molecule has 0 aromatic carbocycles. The summed E-state index contributed by atoms with van der Waals surface area (Å²) >= 11 is 0. The van der Waals surface area contributed by atoms with Crippen LogP contribution in [0.3, 0.4) is 0 Å². The van der Waals surface area contributed by atoms with Crippen LogP contribution < -0.4 is 5.32 Å².